The van der Waals surface area contributed by atoms with Crippen LogP contribution in [0.4, 0.5) is 4.39 Å². The fraction of sp³-hybridized carbons (Fsp3) is 0.200. The van der Waals surface area contributed by atoms with E-state index in [1.54, 1.807) is 12.1 Å². The number of benzene rings is 1. The highest BCUT2D eigenvalue weighted by Crippen LogP contribution is 2.19. The van der Waals surface area contributed by atoms with Gasteiger partial charge in [-0.25, -0.2) is 9.37 Å². The number of aromatic nitrogens is 3. The molecule has 0 aliphatic heterocycles. The van der Waals surface area contributed by atoms with Gasteiger partial charge in [0.2, 0.25) is 0 Å². The van der Waals surface area contributed by atoms with Crippen LogP contribution in [0.1, 0.15) is 17.4 Å². The molecule has 0 saturated carbocycles. The second kappa shape index (κ2) is 4.71. The number of hydrogen-bond donors (Lipinski definition) is 2. The second-order valence-electron chi connectivity index (χ2n) is 3.43. The molecule has 1 aromatic carbocycles. The first-order valence-corrected chi connectivity index (χ1v) is 5.51. The van der Waals surface area contributed by atoms with Crippen LogP contribution >= 0.6 is 15.9 Å². The van der Waals surface area contributed by atoms with E-state index in [1.807, 2.05) is 0 Å². The van der Waals surface area contributed by atoms with Gasteiger partial charge in [0.1, 0.15) is 18.0 Å². The third kappa shape index (κ3) is 2.45. The minimum absolute atomic E-state index is 0.264. The van der Waals surface area contributed by atoms with Gasteiger partial charge < -0.3 is 5.73 Å². The zero-order valence-corrected chi connectivity index (χ0v) is 9.91. The molecule has 4 nitrogen and oxygen atoms in total. The second-order valence-corrected chi connectivity index (χ2v) is 4.28. The fourth-order valence-electron chi connectivity index (χ4n) is 1.41. The molecule has 3 N–H and O–H groups in total. The first kappa shape index (κ1) is 11.2. The van der Waals surface area contributed by atoms with Gasteiger partial charge in [-0.05, 0) is 40.0 Å². The number of halogens is 2. The number of nitrogens with zero attached hydrogens (tertiary/aromatic N) is 2. The summed E-state index contributed by atoms with van der Waals surface area (Å²) < 4.78 is 13.4. The van der Waals surface area contributed by atoms with Gasteiger partial charge in [-0.15, -0.1) is 0 Å². The van der Waals surface area contributed by atoms with E-state index in [-0.39, 0.29) is 11.9 Å². The average molecular weight is 285 g/mol. The smallest absolute Gasteiger partial charge is 0.141 e. The Hall–Kier alpha value is -1.27. The Labute approximate surface area is 100 Å². The highest BCUT2D eigenvalue weighted by atomic mass is 79.9. The van der Waals surface area contributed by atoms with Crippen molar-refractivity contribution in [3.8, 4) is 0 Å². The van der Waals surface area contributed by atoms with Gasteiger partial charge >= 0.3 is 0 Å². The summed E-state index contributed by atoms with van der Waals surface area (Å²) in [6.45, 7) is 0. The van der Waals surface area contributed by atoms with Gasteiger partial charge in [0.15, 0.2) is 0 Å². The summed E-state index contributed by atoms with van der Waals surface area (Å²) in [6, 6.07) is 4.56. The van der Waals surface area contributed by atoms with Crippen molar-refractivity contribution < 1.29 is 4.39 Å². The summed E-state index contributed by atoms with van der Waals surface area (Å²) in [5, 5.41) is 6.44. The monoisotopic (exact) mass is 284 g/mol. The molecule has 0 amide bonds. The van der Waals surface area contributed by atoms with Crippen molar-refractivity contribution in [1.29, 1.82) is 0 Å². The number of H-pyrrole nitrogens is 1. The summed E-state index contributed by atoms with van der Waals surface area (Å²) in [6.07, 6.45) is 1.99. The van der Waals surface area contributed by atoms with Crippen LogP contribution in [0.5, 0.6) is 0 Å². The van der Waals surface area contributed by atoms with Crippen LogP contribution in [0.25, 0.3) is 0 Å². The molecule has 0 aliphatic carbocycles. The Kier molecular flexibility index (Phi) is 3.31. The van der Waals surface area contributed by atoms with Crippen LogP contribution in [-0.2, 0) is 6.42 Å². The number of rotatable bonds is 3. The number of nitrogens with one attached hydrogen (secondary N) is 1. The normalized spacial score (nSPS) is 12.7. The van der Waals surface area contributed by atoms with Gasteiger partial charge in [-0.2, -0.15) is 5.10 Å². The lowest BCUT2D eigenvalue weighted by molar-refractivity contribution is 0.617. The molecular formula is C10H10BrFN4. The van der Waals surface area contributed by atoms with Gasteiger partial charge in [0.25, 0.3) is 0 Å². The topological polar surface area (TPSA) is 67.6 Å². The Balaban J connectivity index is 2.12. The van der Waals surface area contributed by atoms with E-state index >= 15 is 0 Å². The Morgan fingerprint density at radius 3 is 2.94 bits per heavy atom. The lowest BCUT2D eigenvalue weighted by Crippen LogP contribution is -2.15. The predicted molar refractivity (Wildman–Crippen MR) is 61.1 cm³/mol. The molecule has 0 saturated heterocycles. The zero-order valence-electron chi connectivity index (χ0n) is 8.32. The molecule has 6 heteroatoms. The van der Waals surface area contributed by atoms with Crippen molar-refractivity contribution in [1.82, 2.24) is 15.2 Å². The minimum Gasteiger partial charge on any atom is -0.321 e. The summed E-state index contributed by atoms with van der Waals surface area (Å²) in [5.41, 5.74) is 6.86. The average Bonchev–Trinajstić information content (AvgIpc) is 2.77. The van der Waals surface area contributed by atoms with Gasteiger partial charge in [-0.3, -0.25) is 5.10 Å². The molecule has 0 radical (unpaired) electrons. The highest BCUT2D eigenvalue weighted by molar-refractivity contribution is 9.10. The summed E-state index contributed by atoms with van der Waals surface area (Å²) in [5.74, 6) is 0.345. The molecule has 2 aromatic rings. The van der Waals surface area contributed by atoms with E-state index in [1.165, 1.54) is 12.4 Å². The van der Waals surface area contributed by atoms with E-state index in [9.17, 15) is 4.39 Å². The number of nitrogens with two attached hydrogens (primary N) is 1. The highest BCUT2D eigenvalue weighted by Gasteiger charge is 2.10. The number of hydrogen-bond acceptors (Lipinski definition) is 3. The molecule has 1 heterocycles. The lowest BCUT2D eigenvalue weighted by Gasteiger charge is -2.08. The third-order valence-corrected chi connectivity index (χ3v) is 2.83. The molecule has 84 valence electrons. The molecule has 16 heavy (non-hydrogen) atoms. The van der Waals surface area contributed by atoms with E-state index < -0.39 is 0 Å². The SMILES string of the molecule is NC(Cc1ccc(F)c(Br)c1)c1ncn[nH]1. The maximum absolute atomic E-state index is 13.0. The van der Waals surface area contributed by atoms with Crippen LogP contribution in [0.3, 0.4) is 0 Å². The van der Waals surface area contributed by atoms with Crippen molar-refractivity contribution in [2.45, 2.75) is 12.5 Å². The Bertz CT molecular complexity index is 472. The summed E-state index contributed by atoms with van der Waals surface area (Å²) in [7, 11) is 0. The van der Waals surface area contributed by atoms with Crippen LogP contribution < -0.4 is 5.73 Å². The predicted octanol–water partition coefficient (Wildman–Crippen LogP) is 1.95. The molecule has 1 atom stereocenters. The minimum atomic E-state index is -0.281. The maximum atomic E-state index is 13.0. The van der Waals surface area contributed by atoms with Crippen molar-refractivity contribution in [3.05, 3.63) is 46.2 Å². The van der Waals surface area contributed by atoms with Crippen LogP contribution in [0.2, 0.25) is 0 Å². The molecular weight excluding hydrogens is 275 g/mol. The third-order valence-electron chi connectivity index (χ3n) is 2.22. The van der Waals surface area contributed by atoms with Crippen molar-refractivity contribution >= 4 is 15.9 Å². The van der Waals surface area contributed by atoms with Crippen molar-refractivity contribution in [2.24, 2.45) is 5.73 Å². The van der Waals surface area contributed by atoms with Gasteiger partial charge in [0, 0.05) is 0 Å². The Morgan fingerprint density at radius 1 is 1.50 bits per heavy atom. The van der Waals surface area contributed by atoms with E-state index in [4.69, 9.17) is 5.73 Å². The van der Waals surface area contributed by atoms with Gasteiger partial charge in [-0.1, -0.05) is 6.07 Å². The van der Waals surface area contributed by atoms with Gasteiger partial charge in [0.05, 0.1) is 10.5 Å². The molecule has 0 spiro atoms. The van der Waals surface area contributed by atoms with Crippen molar-refractivity contribution in [3.63, 3.8) is 0 Å². The summed E-state index contributed by atoms with van der Waals surface area (Å²) in [4.78, 5) is 3.97. The molecule has 0 fully saturated rings. The van der Waals surface area contributed by atoms with Crippen LogP contribution in [0, 0.1) is 5.82 Å². The summed E-state index contributed by atoms with van der Waals surface area (Å²) >= 11 is 3.13. The molecule has 1 unspecified atom stereocenters. The number of aromatic amines is 1. The molecule has 2 rings (SSSR count). The molecule has 0 aliphatic rings. The largest absolute Gasteiger partial charge is 0.321 e. The van der Waals surface area contributed by atoms with E-state index in [0.29, 0.717) is 16.7 Å². The first-order chi connectivity index (χ1) is 7.66. The first-order valence-electron chi connectivity index (χ1n) is 4.71. The van der Waals surface area contributed by atoms with Crippen LogP contribution in [-0.4, -0.2) is 15.2 Å². The standard InChI is InChI=1S/C10H10BrFN4/c11-7-3-6(1-2-8(7)12)4-9(13)10-14-5-15-16-10/h1-3,5,9H,4,13H2,(H,14,15,16). The van der Waals surface area contributed by atoms with Crippen molar-refractivity contribution in [2.75, 3.05) is 0 Å². The van der Waals surface area contributed by atoms with Crippen LogP contribution in [0.15, 0.2) is 29.0 Å². The van der Waals surface area contributed by atoms with E-state index in [0.717, 1.165) is 5.56 Å². The quantitative estimate of drug-likeness (QED) is 0.905. The molecule has 1 aromatic heterocycles. The molecule has 0 bridgehead atoms. The van der Waals surface area contributed by atoms with E-state index in [2.05, 4.69) is 31.1 Å². The fourth-order valence-corrected chi connectivity index (χ4v) is 1.84. The Morgan fingerprint density at radius 2 is 2.31 bits per heavy atom. The zero-order chi connectivity index (χ0) is 11.5. The maximum Gasteiger partial charge on any atom is 0.141 e. The lowest BCUT2D eigenvalue weighted by atomic mass is 10.1.